The van der Waals surface area contributed by atoms with Crippen LogP contribution < -0.4 is 11.5 Å². The second kappa shape index (κ2) is 9.20. The normalized spacial score (nSPS) is 17.9. The number of carbonyl (C=O) groups is 1. The highest BCUT2D eigenvalue weighted by Gasteiger charge is 2.28. The Kier molecular flexibility index (Phi) is 7.20. The summed E-state index contributed by atoms with van der Waals surface area (Å²) in [5, 5.41) is 10.8. The third kappa shape index (κ3) is 4.53. The maximum Gasteiger partial charge on any atom is 0.419 e. The van der Waals surface area contributed by atoms with E-state index in [1.807, 2.05) is 11.8 Å². The third-order valence-corrected chi connectivity index (χ3v) is 5.11. The smallest absolute Gasteiger partial charge is 0.407 e. The molecular weight excluding hydrogens is 388 g/mol. The number of non-ortho nitro benzene ring substituents is 1. The molecule has 1 aromatic carbocycles. The number of amides is 1. The molecule has 0 radical (unpaired) electrons. The van der Waals surface area contributed by atoms with E-state index in [-0.39, 0.29) is 41.7 Å². The van der Waals surface area contributed by atoms with Gasteiger partial charge in [-0.2, -0.15) is 0 Å². The highest BCUT2D eigenvalue weighted by molar-refractivity contribution is 5.85. The predicted molar refractivity (Wildman–Crippen MR) is 107 cm³/mol. The first-order valence-corrected chi connectivity index (χ1v) is 9.21. The van der Waals surface area contributed by atoms with Crippen LogP contribution in [0.2, 0.25) is 0 Å². The number of carbonyl (C=O) groups excluding carboxylic acids is 1. The molecular formula is C18H25ClN4O5. The van der Waals surface area contributed by atoms with Gasteiger partial charge in [-0.05, 0) is 38.7 Å². The van der Waals surface area contributed by atoms with Gasteiger partial charge in [-0.3, -0.25) is 19.5 Å². The lowest BCUT2D eigenvalue weighted by Crippen LogP contribution is -2.51. The van der Waals surface area contributed by atoms with Crippen molar-refractivity contribution in [3.05, 3.63) is 38.9 Å². The van der Waals surface area contributed by atoms with E-state index in [9.17, 15) is 19.7 Å². The number of likely N-dealkylation sites (tertiary alicyclic amines) is 1. The Morgan fingerprint density at radius 1 is 1.43 bits per heavy atom. The van der Waals surface area contributed by atoms with Crippen LogP contribution in [-0.4, -0.2) is 38.9 Å². The van der Waals surface area contributed by atoms with E-state index in [4.69, 9.17) is 10.2 Å². The molecule has 10 heteroatoms. The number of benzene rings is 1. The number of fused-ring (bicyclic) bond motifs is 1. The number of halogens is 1. The van der Waals surface area contributed by atoms with Crippen LogP contribution in [0.25, 0.3) is 11.1 Å². The van der Waals surface area contributed by atoms with Crippen molar-refractivity contribution in [2.45, 2.75) is 57.7 Å². The van der Waals surface area contributed by atoms with Crippen molar-refractivity contribution in [2.24, 2.45) is 5.73 Å². The minimum Gasteiger partial charge on any atom is -0.407 e. The number of hydrogen-bond donors (Lipinski definition) is 1. The van der Waals surface area contributed by atoms with Crippen LogP contribution in [0, 0.1) is 10.1 Å². The van der Waals surface area contributed by atoms with E-state index in [1.165, 1.54) is 22.8 Å². The summed E-state index contributed by atoms with van der Waals surface area (Å²) in [6, 6.07) is 4.07. The van der Waals surface area contributed by atoms with E-state index in [0.717, 1.165) is 25.8 Å². The number of hydrogen-bond acceptors (Lipinski definition) is 6. The summed E-state index contributed by atoms with van der Waals surface area (Å²) in [4.78, 5) is 36.8. The van der Waals surface area contributed by atoms with Crippen molar-refractivity contribution in [1.29, 1.82) is 0 Å². The van der Waals surface area contributed by atoms with Crippen LogP contribution in [-0.2, 0) is 11.3 Å². The van der Waals surface area contributed by atoms with E-state index < -0.39 is 10.7 Å². The number of nitro groups is 1. The van der Waals surface area contributed by atoms with Gasteiger partial charge >= 0.3 is 5.76 Å². The van der Waals surface area contributed by atoms with Gasteiger partial charge in [-0.1, -0.05) is 0 Å². The van der Waals surface area contributed by atoms with Crippen molar-refractivity contribution in [2.75, 3.05) is 6.54 Å². The molecule has 2 atom stereocenters. The largest absolute Gasteiger partial charge is 0.419 e. The van der Waals surface area contributed by atoms with Crippen LogP contribution >= 0.6 is 12.4 Å². The van der Waals surface area contributed by atoms with Gasteiger partial charge in [0.15, 0.2) is 5.58 Å². The molecule has 154 valence electrons. The quantitative estimate of drug-likeness (QED) is 0.573. The molecule has 9 nitrogen and oxygen atoms in total. The molecule has 0 aliphatic carbocycles. The lowest BCUT2D eigenvalue weighted by Gasteiger charge is -2.38. The molecule has 1 aromatic heterocycles. The van der Waals surface area contributed by atoms with Crippen LogP contribution in [0.4, 0.5) is 5.69 Å². The summed E-state index contributed by atoms with van der Waals surface area (Å²) in [6.07, 6.45) is 3.79. The molecule has 28 heavy (non-hydrogen) atoms. The molecule has 0 saturated carbocycles. The summed E-state index contributed by atoms with van der Waals surface area (Å²) in [5.41, 5.74) is 6.55. The summed E-state index contributed by atoms with van der Waals surface area (Å²) < 4.78 is 6.51. The fourth-order valence-electron chi connectivity index (χ4n) is 3.73. The molecule has 2 heterocycles. The third-order valence-electron chi connectivity index (χ3n) is 5.11. The number of aryl methyl sites for hydroxylation is 1. The zero-order valence-corrected chi connectivity index (χ0v) is 16.5. The van der Waals surface area contributed by atoms with E-state index >= 15 is 0 Å². The van der Waals surface area contributed by atoms with E-state index in [0.29, 0.717) is 24.9 Å². The lowest BCUT2D eigenvalue weighted by atomic mass is 9.96. The highest BCUT2D eigenvalue weighted by Crippen LogP contribution is 2.22. The van der Waals surface area contributed by atoms with Crippen molar-refractivity contribution in [1.82, 2.24) is 9.47 Å². The summed E-state index contributed by atoms with van der Waals surface area (Å²) in [5.74, 6) is -0.530. The Labute approximate surface area is 168 Å². The first-order chi connectivity index (χ1) is 12.9. The van der Waals surface area contributed by atoms with Gasteiger partial charge in [-0.25, -0.2) is 4.79 Å². The Bertz CT molecular complexity index is 907. The fraction of sp³-hybridized carbons (Fsp3) is 0.556. The number of nitrogens with zero attached hydrogens (tertiary/aromatic N) is 3. The van der Waals surface area contributed by atoms with Crippen molar-refractivity contribution < 1.29 is 14.1 Å². The van der Waals surface area contributed by atoms with Gasteiger partial charge in [0.1, 0.15) is 0 Å². The number of rotatable bonds is 6. The fourth-order valence-corrected chi connectivity index (χ4v) is 3.73. The maximum absolute atomic E-state index is 12.6. The van der Waals surface area contributed by atoms with Crippen molar-refractivity contribution in [3.8, 4) is 0 Å². The van der Waals surface area contributed by atoms with Gasteiger partial charge in [-0.15, -0.1) is 12.4 Å². The van der Waals surface area contributed by atoms with Gasteiger partial charge in [0.25, 0.3) is 5.69 Å². The molecule has 2 N–H and O–H groups in total. The van der Waals surface area contributed by atoms with E-state index in [2.05, 4.69) is 0 Å². The summed E-state index contributed by atoms with van der Waals surface area (Å²) in [7, 11) is 0. The number of aromatic nitrogens is 1. The standard InChI is InChI=1S/C18H24N4O5.ClH/c1-12(19)14-5-2-3-9-20(14)17(23)6-4-10-21-15-8-7-13(22(25)26)11-16(15)27-18(21)24;/h7-8,11-12,14H,2-6,9-10,19H2,1H3;1H. The molecule has 0 spiro atoms. The average Bonchev–Trinajstić information content (AvgIpc) is 2.96. The van der Waals surface area contributed by atoms with Gasteiger partial charge < -0.3 is 15.1 Å². The number of oxazole rings is 1. The molecule has 2 aromatic rings. The van der Waals surface area contributed by atoms with E-state index in [1.54, 1.807) is 0 Å². The predicted octanol–water partition coefficient (Wildman–Crippen LogP) is 2.43. The molecule has 1 fully saturated rings. The minimum absolute atomic E-state index is 0. The molecule has 0 bridgehead atoms. The number of piperidine rings is 1. The monoisotopic (exact) mass is 412 g/mol. The Hall–Kier alpha value is -2.39. The molecule has 1 saturated heterocycles. The Morgan fingerprint density at radius 2 is 2.18 bits per heavy atom. The maximum atomic E-state index is 12.6. The first kappa shape index (κ1) is 21.9. The van der Waals surface area contributed by atoms with Crippen molar-refractivity contribution in [3.63, 3.8) is 0 Å². The topological polar surface area (TPSA) is 125 Å². The number of nitrogens with two attached hydrogens (primary N) is 1. The Morgan fingerprint density at radius 3 is 2.86 bits per heavy atom. The second-order valence-electron chi connectivity index (χ2n) is 7.04. The minimum atomic E-state index is -0.579. The highest BCUT2D eigenvalue weighted by atomic mass is 35.5. The van der Waals surface area contributed by atoms with Gasteiger partial charge in [0.05, 0.1) is 16.5 Å². The SMILES string of the molecule is CC(N)C1CCCCN1C(=O)CCCn1c(=O)oc2cc([N+](=O)[O-])ccc21.Cl. The molecule has 3 rings (SSSR count). The van der Waals surface area contributed by atoms with Crippen LogP contribution in [0.1, 0.15) is 39.0 Å². The second-order valence-corrected chi connectivity index (χ2v) is 7.04. The Balaban J connectivity index is 0.00000280. The molecule has 1 aliphatic heterocycles. The summed E-state index contributed by atoms with van der Waals surface area (Å²) in [6.45, 7) is 2.96. The molecule has 1 amide bonds. The van der Waals surface area contributed by atoms with Crippen LogP contribution in [0.15, 0.2) is 27.4 Å². The zero-order valence-electron chi connectivity index (χ0n) is 15.7. The molecule has 1 aliphatic rings. The number of nitro benzene ring substituents is 1. The van der Waals surface area contributed by atoms with Crippen LogP contribution in [0.5, 0.6) is 0 Å². The van der Waals surface area contributed by atoms with Gasteiger partial charge in [0.2, 0.25) is 5.91 Å². The summed E-state index contributed by atoms with van der Waals surface area (Å²) >= 11 is 0. The van der Waals surface area contributed by atoms with Gasteiger partial charge in [0, 0.05) is 37.7 Å². The van der Waals surface area contributed by atoms with Crippen LogP contribution in [0.3, 0.4) is 0 Å². The lowest BCUT2D eigenvalue weighted by molar-refractivity contribution is -0.384. The average molecular weight is 413 g/mol. The zero-order chi connectivity index (χ0) is 19.6. The molecule has 2 unspecified atom stereocenters. The van der Waals surface area contributed by atoms with Crippen molar-refractivity contribution >= 4 is 35.1 Å². The first-order valence-electron chi connectivity index (χ1n) is 9.21.